The van der Waals surface area contributed by atoms with Gasteiger partial charge in [-0.05, 0) is 24.4 Å². The lowest BCUT2D eigenvalue weighted by molar-refractivity contribution is -0.115. The molecule has 0 radical (unpaired) electrons. The smallest absolute Gasteiger partial charge is 0.218 e. The number of thiocarbonyl (C=S) groups is 1. The van der Waals surface area contributed by atoms with Crippen molar-refractivity contribution in [3.05, 3.63) is 22.2 Å². The third kappa shape index (κ3) is 4.83. The summed E-state index contributed by atoms with van der Waals surface area (Å²) in [7, 11) is 3.38. The molecule has 2 rings (SSSR count). The number of aromatic amines is 1. The molecule has 1 aromatic heterocycles. The number of benzene rings is 1. The molecule has 0 bridgehead atoms. The number of carbonyl (C=O) groups excluding carboxylic acids is 1. The summed E-state index contributed by atoms with van der Waals surface area (Å²) in [6, 6.07) is 3.16. The lowest BCUT2D eigenvalue weighted by atomic mass is 10.2. The Morgan fingerprint density at radius 3 is 2.55 bits per heavy atom. The highest BCUT2D eigenvalue weighted by Gasteiger charge is 2.13. The number of aromatic hydroxyl groups is 1. The minimum Gasteiger partial charge on any atom is -0.493 e. The second-order valence-corrected chi connectivity index (χ2v) is 5.50. The van der Waals surface area contributed by atoms with Crippen molar-refractivity contribution < 1.29 is 9.90 Å². The molecule has 2 aromatic rings. The van der Waals surface area contributed by atoms with Crippen LogP contribution in [0.1, 0.15) is 0 Å². The van der Waals surface area contributed by atoms with E-state index in [-0.39, 0.29) is 16.7 Å². The quantitative estimate of drug-likeness (QED) is 0.433. The lowest BCUT2D eigenvalue weighted by Crippen LogP contribution is -2.06. The van der Waals surface area contributed by atoms with E-state index in [1.165, 1.54) is 4.90 Å². The monoisotopic (exact) mass is 361 g/mol. The molecule has 0 spiro atoms. The molecule has 0 aliphatic carbocycles. The number of nitrogens with two attached hydrogens (primary N) is 1. The maximum absolute atomic E-state index is 9.67. The van der Waals surface area contributed by atoms with Gasteiger partial charge in [0, 0.05) is 24.5 Å². The van der Waals surface area contributed by atoms with E-state index in [2.05, 4.69) is 27.4 Å². The number of nitrogens with one attached hydrogen (secondary N) is 1. The van der Waals surface area contributed by atoms with Crippen molar-refractivity contribution in [2.45, 2.75) is 0 Å². The second-order valence-electron chi connectivity index (χ2n) is 4.24. The van der Waals surface area contributed by atoms with Crippen LogP contribution in [0.25, 0.3) is 10.9 Å². The van der Waals surface area contributed by atoms with Crippen LogP contribution in [-0.2, 0) is 4.79 Å². The Hall–Kier alpha value is -1.90. The van der Waals surface area contributed by atoms with Gasteiger partial charge in [0.25, 0.3) is 0 Å². The van der Waals surface area contributed by atoms with Crippen LogP contribution in [-0.4, -0.2) is 40.6 Å². The van der Waals surface area contributed by atoms with Gasteiger partial charge in [0.1, 0.15) is 0 Å². The van der Waals surface area contributed by atoms with Crippen molar-refractivity contribution in [3.63, 3.8) is 0 Å². The van der Waals surface area contributed by atoms with Gasteiger partial charge >= 0.3 is 0 Å². The molecule has 1 heterocycles. The van der Waals surface area contributed by atoms with Crippen molar-refractivity contribution in [2.75, 3.05) is 14.1 Å². The molecule has 1 amide bonds. The highest BCUT2D eigenvalue weighted by atomic mass is 35.5. The number of H-pyrrole nitrogens is 1. The normalized spacial score (nSPS) is 10.4. The van der Waals surface area contributed by atoms with E-state index >= 15 is 0 Å². The minimum atomic E-state index is -0.177. The van der Waals surface area contributed by atoms with E-state index in [1.807, 2.05) is 0 Å². The van der Waals surface area contributed by atoms with E-state index in [4.69, 9.17) is 28.9 Å². The lowest BCUT2D eigenvalue weighted by Gasteiger charge is -1.95. The van der Waals surface area contributed by atoms with Crippen LogP contribution in [0.3, 0.4) is 0 Å². The van der Waals surface area contributed by atoms with Gasteiger partial charge in [-0.15, -0.1) is 10.2 Å². The molecule has 1 aromatic carbocycles. The number of amides is 1. The molecular formula is C12H13Cl2N5O2S. The molecule has 0 aliphatic heterocycles. The Morgan fingerprint density at radius 2 is 2.05 bits per heavy atom. The number of nitrogens with zero attached hydrogens (tertiary/aromatic N) is 3. The summed E-state index contributed by atoms with van der Waals surface area (Å²) in [6.07, 6.45) is 0.750. The summed E-state index contributed by atoms with van der Waals surface area (Å²) < 4.78 is 0. The van der Waals surface area contributed by atoms with E-state index in [9.17, 15) is 9.90 Å². The zero-order valence-electron chi connectivity index (χ0n) is 11.7. The molecule has 0 saturated heterocycles. The van der Waals surface area contributed by atoms with Gasteiger partial charge in [-0.1, -0.05) is 23.2 Å². The summed E-state index contributed by atoms with van der Waals surface area (Å²) in [4.78, 5) is 13.5. The Balaban J connectivity index is 0.000000422. The molecule has 22 heavy (non-hydrogen) atoms. The number of halogens is 2. The van der Waals surface area contributed by atoms with Gasteiger partial charge in [0.2, 0.25) is 17.4 Å². The highest BCUT2D eigenvalue weighted by Crippen LogP contribution is 2.39. The van der Waals surface area contributed by atoms with Crippen molar-refractivity contribution >= 4 is 63.5 Å². The molecule has 7 nitrogen and oxygen atoms in total. The zero-order valence-corrected chi connectivity index (χ0v) is 14.0. The fourth-order valence-corrected chi connectivity index (χ4v) is 1.97. The molecule has 4 N–H and O–H groups in total. The first-order valence-electron chi connectivity index (χ1n) is 5.78. The SMILES string of the molecule is CN(C)C=O.NC(=S)N=Nc1c(O)[nH]c2c(Cl)cc(Cl)cc12. The first-order chi connectivity index (χ1) is 10.3. The predicted molar refractivity (Wildman–Crippen MR) is 91.0 cm³/mol. The van der Waals surface area contributed by atoms with E-state index < -0.39 is 0 Å². The molecule has 0 aliphatic rings. The third-order valence-electron chi connectivity index (χ3n) is 2.24. The molecule has 10 heteroatoms. The fourth-order valence-electron chi connectivity index (χ4n) is 1.39. The van der Waals surface area contributed by atoms with E-state index in [0.29, 0.717) is 20.9 Å². The van der Waals surface area contributed by atoms with Gasteiger partial charge < -0.3 is 20.7 Å². The number of fused-ring (bicyclic) bond motifs is 1. The average Bonchev–Trinajstić information content (AvgIpc) is 2.73. The summed E-state index contributed by atoms with van der Waals surface area (Å²) in [5.41, 5.74) is 5.90. The Morgan fingerprint density at radius 1 is 1.45 bits per heavy atom. The van der Waals surface area contributed by atoms with Gasteiger partial charge in [-0.2, -0.15) is 0 Å². The summed E-state index contributed by atoms with van der Waals surface area (Å²) >= 11 is 16.4. The fraction of sp³-hybridized carbons (Fsp3) is 0.167. The second kappa shape index (κ2) is 7.92. The number of rotatable bonds is 2. The topological polar surface area (TPSA) is 107 Å². The van der Waals surface area contributed by atoms with Gasteiger partial charge in [-0.25, -0.2) is 0 Å². The number of azo groups is 1. The summed E-state index contributed by atoms with van der Waals surface area (Å²) in [5, 5.41) is 18.1. The maximum atomic E-state index is 9.67. The van der Waals surface area contributed by atoms with Crippen LogP contribution in [0, 0.1) is 0 Å². The first-order valence-corrected chi connectivity index (χ1v) is 6.95. The molecule has 118 valence electrons. The van der Waals surface area contributed by atoms with Crippen molar-refractivity contribution in [3.8, 4) is 5.88 Å². The number of aromatic nitrogens is 1. The summed E-state index contributed by atoms with van der Waals surface area (Å²) in [6.45, 7) is 0. The number of carbonyl (C=O) groups is 1. The van der Waals surface area contributed by atoms with Crippen molar-refractivity contribution in [1.82, 2.24) is 9.88 Å². The van der Waals surface area contributed by atoms with Crippen LogP contribution in [0.2, 0.25) is 10.0 Å². The molecule has 0 atom stereocenters. The third-order valence-corrected chi connectivity index (χ3v) is 2.84. The Bertz CT molecular complexity index is 730. The molecule has 0 fully saturated rings. The molecule has 0 saturated carbocycles. The minimum absolute atomic E-state index is 0.133. The van der Waals surface area contributed by atoms with Crippen molar-refractivity contribution in [1.29, 1.82) is 0 Å². The van der Waals surface area contributed by atoms with E-state index in [1.54, 1.807) is 26.2 Å². The Labute approximate surface area is 141 Å². The average molecular weight is 362 g/mol. The van der Waals surface area contributed by atoms with Crippen LogP contribution in [0.15, 0.2) is 22.4 Å². The van der Waals surface area contributed by atoms with Gasteiger partial charge in [-0.3, -0.25) is 4.79 Å². The van der Waals surface area contributed by atoms with Crippen LogP contribution < -0.4 is 5.73 Å². The van der Waals surface area contributed by atoms with Gasteiger partial charge in [0.05, 0.1) is 10.5 Å². The first kappa shape index (κ1) is 18.1. The molecular weight excluding hydrogens is 349 g/mol. The van der Waals surface area contributed by atoms with Crippen LogP contribution in [0.5, 0.6) is 5.88 Å². The zero-order chi connectivity index (χ0) is 16.9. The largest absolute Gasteiger partial charge is 0.493 e. The highest BCUT2D eigenvalue weighted by molar-refractivity contribution is 7.80. The predicted octanol–water partition coefficient (Wildman–Crippen LogP) is 3.21. The number of hydrogen-bond acceptors (Lipinski definition) is 4. The van der Waals surface area contributed by atoms with Gasteiger partial charge in [0.15, 0.2) is 5.69 Å². The van der Waals surface area contributed by atoms with E-state index in [0.717, 1.165) is 6.41 Å². The number of hydrogen-bond donors (Lipinski definition) is 3. The van der Waals surface area contributed by atoms with Crippen LogP contribution >= 0.6 is 35.4 Å². The van der Waals surface area contributed by atoms with Crippen LogP contribution in [0.4, 0.5) is 5.69 Å². The van der Waals surface area contributed by atoms with Crippen molar-refractivity contribution in [2.24, 2.45) is 16.0 Å². The maximum Gasteiger partial charge on any atom is 0.218 e. The standard InChI is InChI=1S/C9H6Cl2N4OS.C3H7NO/c10-3-1-4-6(5(11)2-3)13-8(16)7(4)14-15-9(12)17;1-4(2)3-5/h1-2,13,16H,(H2,12,17);3H,1-2H3. The molecule has 0 unspecified atom stereocenters. The Kier molecular flexibility index (Phi) is 6.54. The summed E-state index contributed by atoms with van der Waals surface area (Å²) in [5.74, 6) is -0.177.